The van der Waals surface area contributed by atoms with Crippen LogP contribution in [0.3, 0.4) is 0 Å². The fourth-order valence-electron chi connectivity index (χ4n) is 2.05. The molecule has 0 unspecified atom stereocenters. The van der Waals surface area contributed by atoms with Crippen LogP contribution in [0, 0.1) is 0 Å². The van der Waals surface area contributed by atoms with Gasteiger partial charge in [0.15, 0.2) is 5.58 Å². The van der Waals surface area contributed by atoms with E-state index >= 15 is 0 Å². The second-order valence-electron chi connectivity index (χ2n) is 4.68. The van der Waals surface area contributed by atoms with Gasteiger partial charge in [-0.3, -0.25) is 4.79 Å². The molecule has 3 rings (SSSR count). The van der Waals surface area contributed by atoms with Gasteiger partial charge in [0, 0.05) is 0 Å². The van der Waals surface area contributed by atoms with Crippen LogP contribution in [-0.2, 0) is 16.0 Å². The smallest absolute Gasteiger partial charge is 0.309 e. The van der Waals surface area contributed by atoms with E-state index in [4.69, 9.17) is 16.0 Å². The fourth-order valence-corrected chi connectivity index (χ4v) is 2.23. The van der Waals surface area contributed by atoms with Crippen molar-refractivity contribution in [1.29, 1.82) is 0 Å². The van der Waals surface area contributed by atoms with Crippen LogP contribution in [0.1, 0.15) is 5.56 Å². The number of esters is 1. The third kappa shape index (κ3) is 3.04. The summed E-state index contributed by atoms with van der Waals surface area (Å²) in [7, 11) is 1.36. The molecule has 0 aliphatic carbocycles. The monoisotopic (exact) mass is 316 g/mol. The lowest BCUT2D eigenvalue weighted by Gasteiger charge is -2.02. The summed E-state index contributed by atoms with van der Waals surface area (Å²) in [5.74, 6) is -0.298. The van der Waals surface area contributed by atoms with Crippen molar-refractivity contribution in [2.45, 2.75) is 6.42 Å². The number of hydrogen-bond acceptors (Lipinski definition) is 5. The van der Waals surface area contributed by atoms with Crippen LogP contribution in [0.15, 0.2) is 46.9 Å². The summed E-state index contributed by atoms with van der Waals surface area (Å²) in [5.41, 5.74) is 2.81. The third-order valence-electron chi connectivity index (χ3n) is 3.14. The standard InChI is InChI=1S/C16H13ClN2O3/c1-21-15(20)9-10-6-7-13-14(8-10)22-16(19-13)18-12-5-3-2-4-11(12)17/h2-8H,9H2,1H3,(H,18,19). The summed E-state index contributed by atoms with van der Waals surface area (Å²) in [5, 5.41) is 3.61. The van der Waals surface area contributed by atoms with E-state index in [9.17, 15) is 4.79 Å². The van der Waals surface area contributed by atoms with Crippen LogP contribution in [0.2, 0.25) is 5.02 Å². The van der Waals surface area contributed by atoms with Gasteiger partial charge in [-0.05, 0) is 29.8 Å². The molecule has 3 aromatic rings. The SMILES string of the molecule is COC(=O)Cc1ccc2nc(Nc3ccccc3Cl)oc2c1. The Kier molecular flexibility index (Phi) is 3.98. The van der Waals surface area contributed by atoms with E-state index in [0.29, 0.717) is 27.8 Å². The number of carbonyl (C=O) groups excluding carboxylic acids is 1. The molecule has 0 atom stereocenters. The van der Waals surface area contributed by atoms with Gasteiger partial charge in [-0.2, -0.15) is 4.98 Å². The summed E-state index contributed by atoms with van der Waals surface area (Å²) in [4.78, 5) is 15.6. The van der Waals surface area contributed by atoms with Gasteiger partial charge in [0.25, 0.3) is 6.01 Å². The quantitative estimate of drug-likeness (QED) is 0.739. The number of anilines is 2. The van der Waals surface area contributed by atoms with E-state index in [0.717, 1.165) is 5.56 Å². The molecule has 0 aliphatic rings. The van der Waals surface area contributed by atoms with Crippen LogP contribution in [-0.4, -0.2) is 18.1 Å². The Morgan fingerprint density at radius 1 is 1.32 bits per heavy atom. The predicted molar refractivity (Wildman–Crippen MR) is 84.5 cm³/mol. The van der Waals surface area contributed by atoms with E-state index in [-0.39, 0.29) is 12.4 Å². The Balaban J connectivity index is 1.86. The van der Waals surface area contributed by atoms with Crippen molar-refractivity contribution in [2.75, 3.05) is 12.4 Å². The van der Waals surface area contributed by atoms with Crippen LogP contribution in [0.5, 0.6) is 0 Å². The van der Waals surface area contributed by atoms with Gasteiger partial charge in [-0.15, -0.1) is 0 Å². The Morgan fingerprint density at radius 2 is 2.14 bits per heavy atom. The highest BCUT2D eigenvalue weighted by Gasteiger charge is 2.10. The Labute approximate surface area is 131 Å². The Bertz CT molecular complexity index is 829. The molecule has 6 heteroatoms. The summed E-state index contributed by atoms with van der Waals surface area (Å²) < 4.78 is 10.3. The summed E-state index contributed by atoms with van der Waals surface area (Å²) in [6.07, 6.45) is 0.195. The zero-order valence-corrected chi connectivity index (χ0v) is 12.6. The summed E-state index contributed by atoms with van der Waals surface area (Å²) in [6, 6.07) is 13.1. The number of aromatic nitrogens is 1. The normalized spacial score (nSPS) is 10.6. The highest BCUT2D eigenvalue weighted by atomic mass is 35.5. The van der Waals surface area contributed by atoms with E-state index in [2.05, 4.69) is 15.0 Å². The van der Waals surface area contributed by atoms with Crippen LogP contribution in [0.25, 0.3) is 11.1 Å². The lowest BCUT2D eigenvalue weighted by molar-refractivity contribution is -0.139. The maximum atomic E-state index is 11.3. The molecule has 0 saturated heterocycles. The first-order valence-electron chi connectivity index (χ1n) is 6.63. The Morgan fingerprint density at radius 3 is 2.91 bits per heavy atom. The molecule has 0 spiro atoms. The van der Waals surface area contributed by atoms with E-state index in [1.807, 2.05) is 24.3 Å². The van der Waals surface area contributed by atoms with Crippen molar-refractivity contribution >= 4 is 40.4 Å². The van der Waals surface area contributed by atoms with Gasteiger partial charge in [0.1, 0.15) is 5.52 Å². The number of nitrogens with one attached hydrogen (secondary N) is 1. The number of oxazole rings is 1. The third-order valence-corrected chi connectivity index (χ3v) is 3.47. The van der Waals surface area contributed by atoms with Gasteiger partial charge in [0.05, 0.1) is 24.2 Å². The maximum absolute atomic E-state index is 11.3. The molecule has 22 heavy (non-hydrogen) atoms. The van der Waals surface area contributed by atoms with Gasteiger partial charge >= 0.3 is 5.97 Å². The van der Waals surface area contributed by atoms with Crippen molar-refractivity contribution in [3.63, 3.8) is 0 Å². The van der Waals surface area contributed by atoms with Crippen molar-refractivity contribution in [1.82, 2.24) is 4.98 Å². The molecule has 0 bridgehead atoms. The van der Waals surface area contributed by atoms with Crippen LogP contribution in [0.4, 0.5) is 11.7 Å². The molecule has 0 saturated carbocycles. The maximum Gasteiger partial charge on any atom is 0.309 e. The number of carbonyl (C=O) groups is 1. The second kappa shape index (κ2) is 6.07. The van der Waals surface area contributed by atoms with Crippen LogP contribution < -0.4 is 5.32 Å². The fraction of sp³-hybridized carbons (Fsp3) is 0.125. The summed E-state index contributed by atoms with van der Waals surface area (Å²) >= 11 is 6.09. The molecule has 2 aromatic carbocycles. The molecule has 0 aliphatic heterocycles. The minimum absolute atomic E-state index is 0.195. The molecular formula is C16H13ClN2O3. The molecule has 0 fully saturated rings. The van der Waals surface area contributed by atoms with Gasteiger partial charge < -0.3 is 14.5 Å². The lowest BCUT2D eigenvalue weighted by Crippen LogP contribution is -2.03. The average Bonchev–Trinajstić information content (AvgIpc) is 2.91. The first kappa shape index (κ1) is 14.4. The zero-order valence-electron chi connectivity index (χ0n) is 11.8. The number of benzene rings is 2. The molecule has 0 amide bonds. The highest BCUT2D eigenvalue weighted by molar-refractivity contribution is 6.33. The minimum Gasteiger partial charge on any atom is -0.469 e. The number of rotatable bonds is 4. The van der Waals surface area contributed by atoms with Crippen molar-refractivity contribution < 1.29 is 13.9 Å². The van der Waals surface area contributed by atoms with Crippen LogP contribution >= 0.6 is 11.6 Å². The molecule has 1 aromatic heterocycles. The molecule has 1 N–H and O–H groups in total. The number of ether oxygens (including phenoxy) is 1. The number of methoxy groups -OCH3 is 1. The van der Waals surface area contributed by atoms with Gasteiger partial charge in [0.2, 0.25) is 0 Å². The number of hydrogen-bond donors (Lipinski definition) is 1. The second-order valence-corrected chi connectivity index (χ2v) is 5.09. The molecule has 112 valence electrons. The van der Waals surface area contributed by atoms with Crippen molar-refractivity contribution in [3.8, 4) is 0 Å². The zero-order chi connectivity index (χ0) is 15.5. The van der Waals surface area contributed by atoms with E-state index < -0.39 is 0 Å². The minimum atomic E-state index is -0.298. The molecular weight excluding hydrogens is 304 g/mol. The van der Waals surface area contributed by atoms with E-state index in [1.165, 1.54) is 7.11 Å². The van der Waals surface area contributed by atoms with Gasteiger partial charge in [-0.1, -0.05) is 29.8 Å². The van der Waals surface area contributed by atoms with Crippen molar-refractivity contribution in [2.24, 2.45) is 0 Å². The lowest BCUT2D eigenvalue weighted by atomic mass is 10.1. The first-order chi connectivity index (χ1) is 10.7. The number of nitrogens with zero attached hydrogens (tertiary/aromatic N) is 1. The highest BCUT2D eigenvalue weighted by Crippen LogP contribution is 2.27. The van der Waals surface area contributed by atoms with Gasteiger partial charge in [-0.25, -0.2) is 0 Å². The Hall–Kier alpha value is -2.53. The topological polar surface area (TPSA) is 64.4 Å². The molecule has 0 radical (unpaired) electrons. The number of halogens is 1. The largest absolute Gasteiger partial charge is 0.469 e. The molecule has 5 nitrogen and oxygen atoms in total. The summed E-state index contributed by atoms with van der Waals surface area (Å²) in [6.45, 7) is 0. The number of para-hydroxylation sites is 1. The van der Waals surface area contributed by atoms with E-state index in [1.54, 1.807) is 18.2 Å². The number of fused-ring (bicyclic) bond motifs is 1. The van der Waals surface area contributed by atoms with Crippen molar-refractivity contribution in [3.05, 3.63) is 53.1 Å². The average molecular weight is 317 g/mol. The molecule has 1 heterocycles. The first-order valence-corrected chi connectivity index (χ1v) is 7.01. The predicted octanol–water partition coefficient (Wildman–Crippen LogP) is 3.94.